The van der Waals surface area contributed by atoms with Crippen molar-refractivity contribution in [1.82, 2.24) is 4.98 Å². The van der Waals surface area contributed by atoms with Crippen LogP contribution in [0.4, 0.5) is 0 Å². The number of aryl methyl sites for hydroxylation is 1. The molecule has 0 unspecified atom stereocenters. The molecular weight excluding hydrogens is 186 g/mol. The summed E-state index contributed by atoms with van der Waals surface area (Å²) in [6, 6.07) is 0. The number of ether oxygens (including phenoxy) is 1. The number of pyridine rings is 1. The Balaban J connectivity index is 2.38. The zero-order valence-electron chi connectivity index (χ0n) is 10.1. The Morgan fingerprint density at radius 3 is 2.80 bits per heavy atom. The second-order valence-corrected chi connectivity index (χ2v) is 5.53. The van der Waals surface area contributed by atoms with Crippen molar-refractivity contribution in [2.24, 2.45) is 5.41 Å². The standard InChI is InChI=1S/C13H19NO/c1-9-8-14-11(7-13(2,3)4)12-10(9)5-6-15-12/h8H,5-7H2,1-4H3. The maximum absolute atomic E-state index is 5.69. The smallest absolute Gasteiger partial charge is 0.144 e. The first-order chi connectivity index (χ1) is 6.97. The summed E-state index contributed by atoms with van der Waals surface area (Å²) in [5.41, 5.74) is 4.02. The van der Waals surface area contributed by atoms with Gasteiger partial charge in [0.05, 0.1) is 12.3 Å². The normalized spacial score (nSPS) is 14.9. The van der Waals surface area contributed by atoms with Crippen molar-refractivity contribution in [1.29, 1.82) is 0 Å². The van der Waals surface area contributed by atoms with E-state index in [1.54, 1.807) is 0 Å². The number of aromatic nitrogens is 1. The topological polar surface area (TPSA) is 22.1 Å². The quantitative estimate of drug-likeness (QED) is 0.703. The van der Waals surface area contributed by atoms with Crippen molar-refractivity contribution in [3.63, 3.8) is 0 Å². The highest BCUT2D eigenvalue weighted by atomic mass is 16.5. The molecule has 2 heteroatoms. The van der Waals surface area contributed by atoms with Gasteiger partial charge in [-0.05, 0) is 24.3 Å². The van der Waals surface area contributed by atoms with Crippen LogP contribution < -0.4 is 4.74 Å². The van der Waals surface area contributed by atoms with E-state index < -0.39 is 0 Å². The van der Waals surface area contributed by atoms with Gasteiger partial charge in [0.25, 0.3) is 0 Å². The first kappa shape index (κ1) is 10.5. The van der Waals surface area contributed by atoms with E-state index in [2.05, 4.69) is 32.7 Å². The van der Waals surface area contributed by atoms with Crippen molar-refractivity contribution in [2.75, 3.05) is 6.61 Å². The van der Waals surface area contributed by atoms with E-state index in [0.717, 1.165) is 30.9 Å². The molecule has 2 nitrogen and oxygen atoms in total. The fourth-order valence-corrected chi connectivity index (χ4v) is 2.03. The molecule has 0 atom stereocenters. The number of hydrogen-bond donors (Lipinski definition) is 0. The van der Waals surface area contributed by atoms with Crippen LogP contribution in [-0.2, 0) is 12.8 Å². The third kappa shape index (κ3) is 2.14. The number of rotatable bonds is 1. The monoisotopic (exact) mass is 205 g/mol. The molecule has 0 aromatic carbocycles. The van der Waals surface area contributed by atoms with Crippen LogP contribution in [-0.4, -0.2) is 11.6 Å². The van der Waals surface area contributed by atoms with Gasteiger partial charge in [-0.3, -0.25) is 4.98 Å². The molecule has 1 aliphatic rings. The van der Waals surface area contributed by atoms with Crippen LogP contribution in [0.5, 0.6) is 5.75 Å². The van der Waals surface area contributed by atoms with E-state index in [1.165, 1.54) is 11.1 Å². The van der Waals surface area contributed by atoms with Gasteiger partial charge in [0.1, 0.15) is 5.75 Å². The molecule has 1 aliphatic heterocycles. The van der Waals surface area contributed by atoms with Gasteiger partial charge >= 0.3 is 0 Å². The molecular formula is C13H19NO. The van der Waals surface area contributed by atoms with E-state index in [-0.39, 0.29) is 5.41 Å². The molecule has 1 aromatic rings. The molecule has 0 spiro atoms. The lowest BCUT2D eigenvalue weighted by atomic mass is 9.89. The van der Waals surface area contributed by atoms with Crippen molar-refractivity contribution >= 4 is 0 Å². The summed E-state index contributed by atoms with van der Waals surface area (Å²) in [7, 11) is 0. The Morgan fingerprint density at radius 2 is 2.13 bits per heavy atom. The molecule has 2 heterocycles. The third-order valence-corrected chi connectivity index (χ3v) is 2.72. The van der Waals surface area contributed by atoms with Crippen molar-refractivity contribution in [2.45, 2.75) is 40.5 Å². The van der Waals surface area contributed by atoms with Gasteiger partial charge in [-0.1, -0.05) is 20.8 Å². The van der Waals surface area contributed by atoms with Gasteiger partial charge in [-0.15, -0.1) is 0 Å². The highest BCUT2D eigenvalue weighted by Crippen LogP contribution is 2.34. The van der Waals surface area contributed by atoms with E-state index in [9.17, 15) is 0 Å². The Kier molecular flexibility index (Phi) is 2.45. The molecule has 1 aromatic heterocycles. The number of hydrogen-bond acceptors (Lipinski definition) is 2. The lowest BCUT2D eigenvalue weighted by Gasteiger charge is -2.19. The van der Waals surface area contributed by atoms with Crippen molar-refractivity contribution < 1.29 is 4.74 Å². The van der Waals surface area contributed by atoms with Gasteiger partial charge in [-0.2, -0.15) is 0 Å². The zero-order valence-corrected chi connectivity index (χ0v) is 10.1. The molecule has 2 rings (SSSR count). The van der Waals surface area contributed by atoms with Crippen LogP contribution in [0.3, 0.4) is 0 Å². The minimum absolute atomic E-state index is 0.266. The molecule has 0 N–H and O–H groups in total. The Hall–Kier alpha value is -1.05. The SMILES string of the molecule is Cc1cnc(CC(C)(C)C)c2c1CCO2. The lowest BCUT2D eigenvalue weighted by Crippen LogP contribution is -2.11. The van der Waals surface area contributed by atoms with E-state index in [1.807, 2.05) is 6.20 Å². The highest BCUT2D eigenvalue weighted by Gasteiger charge is 2.22. The summed E-state index contributed by atoms with van der Waals surface area (Å²) in [4.78, 5) is 4.51. The number of nitrogens with zero attached hydrogens (tertiary/aromatic N) is 1. The van der Waals surface area contributed by atoms with Crippen LogP contribution >= 0.6 is 0 Å². The molecule has 0 saturated carbocycles. The summed E-state index contributed by atoms with van der Waals surface area (Å²) in [6.45, 7) is 9.63. The zero-order chi connectivity index (χ0) is 11.1. The second-order valence-electron chi connectivity index (χ2n) is 5.53. The lowest BCUT2D eigenvalue weighted by molar-refractivity contribution is 0.340. The summed E-state index contributed by atoms with van der Waals surface area (Å²) in [6.07, 6.45) is 4.00. The molecule has 0 fully saturated rings. The largest absolute Gasteiger partial charge is 0.491 e. The predicted molar refractivity (Wildman–Crippen MR) is 61.3 cm³/mol. The maximum atomic E-state index is 5.69. The summed E-state index contributed by atoms with van der Waals surface area (Å²) in [5.74, 6) is 1.06. The predicted octanol–water partition coefficient (Wildman–Crippen LogP) is 2.91. The van der Waals surface area contributed by atoms with Gasteiger partial charge in [-0.25, -0.2) is 0 Å². The molecule has 0 bridgehead atoms. The van der Waals surface area contributed by atoms with Crippen molar-refractivity contribution in [3.05, 3.63) is 23.0 Å². The average molecular weight is 205 g/mol. The molecule has 15 heavy (non-hydrogen) atoms. The first-order valence-electron chi connectivity index (χ1n) is 5.57. The summed E-state index contributed by atoms with van der Waals surface area (Å²) >= 11 is 0. The molecule has 0 saturated heterocycles. The molecule has 0 aliphatic carbocycles. The third-order valence-electron chi connectivity index (χ3n) is 2.72. The summed E-state index contributed by atoms with van der Waals surface area (Å²) < 4.78 is 5.69. The minimum atomic E-state index is 0.266. The van der Waals surface area contributed by atoms with E-state index in [4.69, 9.17) is 4.74 Å². The van der Waals surface area contributed by atoms with Crippen LogP contribution in [0, 0.1) is 12.3 Å². The fourth-order valence-electron chi connectivity index (χ4n) is 2.03. The molecule has 0 radical (unpaired) electrons. The van der Waals surface area contributed by atoms with Crippen LogP contribution in [0.2, 0.25) is 0 Å². The second kappa shape index (κ2) is 3.51. The molecule has 0 amide bonds. The average Bonchev–Trinajstić information content (AvgIpc) is 2.57. The highest BCUT2D eigenvalue weighted by molar-refractivity contribution is 5.44. The van der Waals surface area contributed by atoms with E-state index >= 15 is 0 Å². The fraction of sp³-hybridized carbons (Fsp3) is 0.615. The Morgan fingerprint density at radius 1 is 1.40 bits per heavy atom. The first-order valence-corrected chi connectivity index (χ1v) is 5.57. The summed E-state index contributed by atoms with van der Waals surface area (Å²) in [5, 5.41) is 0. The van der Waals surface area contributed by atoms with Gasteiger partial charge in [0.15, 0.2) is 0 Å². The maximum Gasteiger partial charge on any atom is 0.144 e. The van der Waals surface area contributed by atoms with E-state index in [0.29, 0.717) is 0 Å². The Labute approximate surface area is 91.7 Å². The van der Waals surface area contributed by atoms with Crippen molar-refractivity contribution in [3.8, 4) is 5.75 Å². The van der Waals surface area contributed by atoms with Crippen LogP contribution in [0.1, 0.15) is 37.6 Å². The van der Waals surface area contributed by atoms with Crippen LogP contribution in [0.25, 0.3) is 0 Å². The van der Waals surface area contributed by atoms with Gasteiger partial charge in [0.2, 0.25) is 0 Å². The number of fused-ring (bicyclic) bond motifs is 1. The molecule has 82 valence electrons. The van der Waals surface area contributed by atoms with Gasteiger partial charge < -0.3 is 4.74 Å². The Bertz CT molecular complexity index is 377. The van der Waals surface area contributed by atoms with Gasteiger partial charge in [0, 0.05) is 18.2 Å². The minimum Gasteiger partial charge on any atom is -0.491 e. The van der Waals surface area contributed by atoms with Crippen LogP contribution in [0.15, 0.2) is 6.20 Å².